The normalized spacial score (nSPS) is 20.4. The van der Waals surface area contributed by atoms with E-state index in [1.165, 1.54) is 19.3 Å². The Morgan fingerprint density at radius 1 is 1.22 bits per heavy atom. The second-order valence-corrected chi connectivity index (χ2v) is 5.46. The molecule has 0 aromatic heterocycles. The molecule has 1 heterocycles. The Balaban J connectivity index is 2.39. The lowest BCUT2D eigenvalue weighted by Crippen LogP contribution is -2.59. The number of unbranched alkanes of at least 4 members (excludes halogenated alkanes) is 4. The molecule has 2 amide bonds. The van der Waals surface area contributed by atoms with E-state index >= 15 is 0 Å². The van der Waals surface area contributed by atoms with Crippen LogP contribution < -0.4 is 5.32 Å². The Labute approximate surface area is 110 Å². The zero-order chi connectivity index (χ0) is 13.5. The molecule has 4 nitrogen and oxygen atoms in total. The summed E-state index contributed by atoms with van der Waals surface area (Å²) in [6.45, 7) is 7.07. The van der Waals surface area contributed by atoms with Crippen LogP contribution in [0.4, 0.5) is 0 Å². The van der Waals surface area contributed by atoms with Crippen LogP contribution in [0.2, 0.25) is 0 Å². The number of nitrogens with one attached hydrogen (secondary N) is 1. The molecule has 1 atom stereocenters. The molecule has 1 aliphatic heterocycles. The van der Waals surface area contributed by atoms with Gasteiger partial charge in [-0.1, -0.05) is 46.5 Å². The van der Waals surface area contributed by atoms with Gasteiger partial charge in [0.2, 0.25) is 11.8 Å². The zero-order valence-electron chi connectivity index (χ0n) is 11.9. The smallest absolute Gasteiger partial charge is 0.245 e. The predicted octanol–water partition coefficient (Wildman–Crippen LogP) is 1.94. The van der Waals surface area contributed by atoms with Crippen LogP contribution in [-0.4, -0.2) is 35.8 Å². The summed E-state index contributed by atoms with van der Waals surface area (Å²) in [6, 6.07) is -0.332. The van der Waals surface area contributed by atoms with E-state index in [1.54, 1.807) is 4.90 Å². The number of hydrogen-bond acceptors (Lipinski definition) is 2. The van der Waals surface area contributed by atoms with Crippen LogP contribution in [-0.2, 0) is 9.59 Å². The maximum absolute atomic E-state index is 12.1. The van der Waals surface area contributed by atoms with Gasteiger partial charge in [-0.2, -0.15) is 0 Å². The zero-order valence-corrected chi connectivity index (χ0v) is 11.9. The van der Waals surface area contributed by atoms with E-state index in [2.05, 4.69) is 12.2 Å². The molecule has 0 radical (unpaired) electrons. The molecule has 1 fully saturated rings. The first kappa shape index (κ1) is 15.0. The summed E-state index contributed by atoms with van der Waals surface area (Å²) in [7, 11) is 0. The molecule has 0 saturated carbocycles. The van der Waals surface area contributed by atoms with Gasteiger partial charge in [0.25, 0.3) is 0 Å². The summed E-state index contributed by atoms with van der Waals surface area (Å²) < 4.78 is 0. The first-order valence-electron chi connectivity index (χ1n) is 7.14. The van der Waals surface area contributed by atoms with E-state index < -0.39 is 0 Å². The Morgan fingerprint density at radius 3 is 2.50 bits per heavy atom. The third-order valence-electron chi connectivity index (χ3n) is 3.43. The van der Waals surface area contributed by atoms with E-state index in [1.807, 2.05) is 13.8 Å². The highest BCUT2D eigenvalue weighted by atomic mass is 16.2. The van der Waals surface area contributed by atoms with Crippen molar-refractivity contribution in [2.75, 3.05) is 13.1 Å². The minimum absolute atomic E-state index is 0.0261. The quantitative estimate of drug-likeness (QED) is 0.706. The van der Waals surface area contributed by atoms with E-state index in [0.29, 0.717) is 0 Å². The van der Waals surface area contributed by atoms with Crippen molar-refractivity contribution in [1.29, 1.82) is 0 Å². The first-order valence-corrected chi connectivity index (χ1v) is 7.14. The number of rotatable bonds is 7. The molecule has 0 spiro atoms. The van der Waals surface area contributed by atoms with Gasteiger partial charge in [-0.15, -0.1) is 0 Å². The highest BCUT2D eigenvalue weighted by Crippen LogP contribution is 2.12. The van der Waals surface area contributed by atoms with Gasteiger partial charge >= 0.3 is 0 Å². The average Bonchev–Trinajstić information content (AvgIpc) is 2.32. The molecule has 1 rings (SSSR count). The number of piperazine rings is 1. The number of carbonyl (C=O) groups is 2. The molecule has 4 heteroatoms. The van der Waals surface area contributed by atoms with Gasteiger partial charge in [0.15, 0.2) is 0 Å². The van der Waals surface area contributed by atoms with Crippen LogP contribution in [0.25, 0.3) is 0 Å². The van der Waals surface area contributed by atoms with Crippen LogP contribution >= 0.6 is 0 Å². The Morgan fingerprint density at radius 2 is 1.89 bits per heavy atom. The lowest BCUT2D eigenvalue weighted by Gasteiger charge is -2.34. The van der Waals surface area contributed by atoms with Gasteiger partial charge in [0.05, 0.1) is 6.54 Å². The fourth-order valence-electron chi connectivity index (χ4n) is 2.28. The van der Waals surface area contributed by atoms with Gasteiger partial charge in [0.1, 0.15) is 6.04 Å². The predicted molar refractivity (Wildman–Crippen MR) is 72.1 cm³/mol. The van der Waals surface area contributed by atoms with Gasteiger partial charge in [0, 0.05) is 6.54 Å². The van der Waals surface area contributed by atoms with E-state index in [0.717, 1.165) is 19.4 Å². The minimum atomic E-state index is -0.332. The van der Waals surface area contributed by atoms with Crippen LogP contribution in [0.3, 0.4) is 0 Å². The van der Waals surface area contributed by atoms with E-state index in [9.17, 15) is 9.59 Å². The van der Waals surface area contributed by atoms with Crippen LogP contribution in [0.15, 0.2) is 0 Å². The maximum Gasteiger partial charge on any atom is 0.245 e. The molecule has 18 heavy (non-hydrogen) atoms. The minimum Gasteiger partial charge on any atom is -0.343 e. The fourth-order valence-corrected chi connectivity index (χ4v) is 2.28. The highest BCUT2D eigenvalue weighted by Gasteiger charge is 2.33. The van der Waals surface area contributed by atoms with E-state index in [-0.39, 0.29) is 30.3 Å². The Hall–Kier alpha value is -1.06. The molecule has 0 aromatic rings. The number of amides is 2. The maximum atomic E-state index is 12.1. The lowest BCUT2D eigenvalue weighted by molar-refractivity contribution is -0.145. The largest absolute Gasteiger partial charge is 0.343 e. The van der Waals surface area contributed by atoms with Gasteiger partial charge in [-0.25, -0.2) is 0 Å². The molecule has 1 aliphatic rings. The molecule has 0 aliphatic carbocycles. The van der Waals surface area contributed by atoms with Crippen LogP contribution in [0, 0.1) is 5.92 Å². The highest BCUT2D eigenvalue weighted by molar-refractivity contribution is 5.94. The van der Waals surface area contributed by atoms with Gasteiger partial charge in [-0.3, -0.25) is 9.59 Å². The van der Waals surface area contributed by atoms with Crippen molar-refractivity contribution in [2.45, 2.75) is 58.9 Å². The summed E-state index contributed by atoms with van der Waals surface area (Å²) >= 11 is 0. The van der Waals surface area contributed by atoms with Crippen molar-refractivity contribution in [2.24, 2.45) is 5.92 Å². The number of nitrogens with zero attached hydrogens (tertiary/aromatic N) is 1. The molecule has 0 bridgehead atoms. The molecular weight excluding hydrogens is 228 g/mol. The van der Waals surface area contributed by atoms with Crippen molar-refractivity contribution in [3.63, 3.8) is 0 Å². The summed E-state index contributed by atoms with van der Waals surface area (Å²) in [5, 5.41) is 2.78. The van der Waals surface area contributed by atoms with Crippen molar-refractivity contribution < 1.29 is 9.59 Å². The standard InChI is InChI=1S/C14H26N2O2/c1-4-5-6-7-8-9-16-10-12(17)15-13(11(2)3)14(16)18/h11,13H,4-10H2,1-3H3,(H,15,17). The fraction of sp³-hybridized carbons (Fsp3) is 0.857. The second-order valence-electron chi connectivity index (χ2n) is 5.46. The average molecular weight is 254 g/mol. The molecule has 104 valence electrons. The van der Waals surface area contributed by atoms with Crippen molar-refractivity contribution in [1.82, 2.24) is 10.2 Å². The topological polar surface area (TPSA) is 49.4 Å². The van der Waals surface area contributed by atoms with Crippen molar-refractivity contribution in [3.8, 4) is 0 Å². The second kappa shape index (κ2) is 7.39. The third-order valence-corrected chi connectivity index (χ3v) is 3.43. The summed E-state index contributed by atoms with van der Waals surface area (Å²) in [6.07, 6.45) is 5.84. The molecular formula is C14H26N2O2. The molecule has 1 unspecified atom stereocenters. The molecule has 1 N–H and O–H groups in total. The third kappa shape index (κ3) is 4.31. The molecule has 1 saturated heterocycles. The summed E-state index contributed by atoms with van der Waals surface area (Å²) in [4.78, 5) is 25.4. The van der Waals surface area contributed by atoms with E-state index in [4.69, 9.17) is 0 Å². The number of carbonyl (C=O) groups excluding carboxylic acids is 2. The number of hydrogen-bond donors (Lipinski definition) is 1. The van der Waals surface area contributed by atoms with Crippen LogP contribution in [0.5, 0.6) is 0 Å². The van der Waals surface area contributed by atoms with Crippen LogP contribution in [0.1, 0.15) is 52.9 Å². The van der Waals surface area contributed by atoms with Gasteiger partial charge in [-0.05, 0) is 12.3 Å². The van der Waals surface area contributed by atoms with Crippen molar-refractivity contribution >= 4 is 11.8 Å². The summed E-state index contributed by atoms with van der Waals surface area (Å²) in [5.74, 6) is 0.214. The SMILES string of the molecule is CCCCCCCN1CC(=O)NC(C(C)C)C1=O. The van der Waals surface area contributed by atoms with Crippen molar-refractivity contribution in [3.05, 3.63) is 0 Å². The monoisotopic (exact) mass is 254 g/mol. The Bertz CT molecular complexity index is 290. The Kier molecular flexibility index (Phi) is 6.16. The summed E-state index contributed by atoms with van der Waals surface area (Å²) in [5.41, 5.74) is 0. The molecule has 0 aromatic carbocycles. The first-order chi connectivity index (χ1) is 8.56. The lowest BCUT2D eigenvalue weighted by atomic mass is 10.0. The van der Waals surface area contributed by atoms with Gasteiger partial charge < -0.3 is 10.2 Å².